The van der Waals surface area contributed by atoms with E-state index >= 15 is 0 Å². The topological polar surface area (TPSA) is 91.0 Å². The van der Waals surface area contributed by atoms with Gasteiger partial charge in [-0.15, -0.1) is 0 Å². The number of fused-ring (bicyclic) bond motifs is 1. The molecule has 0 aliphatic carbocycles. The third-order valence-corrected chi connectivity index (χ3v) is 4.03. The van der Waals surface area contributed by atoms with Crippen molar-refractivity contribution in [2.75, 3.05) is 11.9 Å². The Morgan fingerprint density at radius 2 is 2.26 bits per heavy atom. The van der Waals surface area contributed by atoms with Gasteiger partial charge in [-0.1, -0.05) is 11.3 Å². The molecule has 3 rings (SSSR count). The van der Waals surface area contributed by atoms with Crippen molar-refractivity contribution in [1.29, 1.82) is 0 Å². The molecule has 0 aliphatic rings. The number of nitrogens with one attached hydrogen (secondary N) is 1. The van der Waals surface area contributed by atoms with Crippen LogP contribution in [0.15, 0.2) is 29.3 Å². The van der Waals surface area contributed by atoms with Gasteiger partial charge >= 0.3 is 5.69 Å². The van der Waals surface area contributed by atoms with Gasteiger partial charge in [0.2, 0.25) is 5.91 Å². The Bertz CT molecular complexity index is 911. The number of benzene rings is 1. The Hall–Kier alpha value is -2.68. The van der Waals surface area contributed by atoms with Gasteiger partial charge in [0.15, 0.2) is 5.13 Å². The summed E-state index contributed by atoms with van der Waals surface area (Å²) in [6, 6.07) is 5.57. The van der Waals surface area contributed by atoms with E-state index in [2.05, 4.69) is 15.4 Å². The minimum Gasteiger partial charge on any atom is -0.494 e. The second kappa shape index (κ2) is 6.21. The van der Waals surface area contributed by atoms with Crippen molar-refractivity contribution in [2.45, 2.75) is 13.5 Å². The van der Waals surface area contributed by atoms with E-state index in [-0.39, 0.29) is 18.1 Å². The molecule has 1 N–H and O–H groups in total. The third-order valence-electron chi connectivity index (χ3n) is 3.10. The molecule has 23 heavy (non-hydrogen) atoms. The zero-order chi connectivity index (χ0) is 16.4. The quantitative estimate of drug-likeness (QED) is 0.758. The lowest BCUT2D eigenvalue weighted by molar-refractivity contribution is -0.117. The molecule has 0 saturated carbocycles. The molecule has 0 unspecified atom stereocenters. The summed E-state index contributed by atoms with van der Waals surface area (Å²) in [5, 5.41) is 7.01. The van der Waals surface area contributed by atoms with E-state index in [1.165, 1.54) is 22.2 Å². The van der Waals surface area contributed by atoms with Crippen LogP contribution in [0.5, 0.6) is 5.75 Å². The molecule has 2 heterocycles. The van der Waals surface area contributed by atoms with Crippen molar-refractivity contribution in [3.63, 3.8) is 0 Å². The maximum absolute atomic E-state index is 12.0. The highest BCUT2D eigenvalue weighted by Gasteiger charge is 2.11. The van der Waals surface area contributed by atoms with E-state index in [1.807, 2.05) is 25.1 Å². The highest BCUT2D eigenvalue weighted by molar-refractivity contribution is 7.22. The van der Waals surface area contributed by atoms with Crippen molar-refractivity contribution >= 4 is 32.6 Å². The fourth-order valence-corrected chi connectivity index (χ4v) is 2.95. The lowest BCUT2D eigenvalue weighted by Gasteiger charge is -2.00. The molecule has 0 atom stereocenters. The zero-order valence-corrected chi connectivity index (χ0v) is 13.5. The Morgan fingerprint density at radius 3 is 2.96 bits per heavy atom. The van der Waals surface area contributed by atoms with Crippen LogP contribution in [0, 0.1) is 0 Å². The second-order valence-electron chi connectivity index (χ2n) is 4.81. The van der Waals surface area contributed by atoms with Crippen LogP contribution in [0.3, 0.4) is 0 Å². The third kappa shape index (κ3) is 3.24. The average molecular weight is 333 g/mol. The van der Waals surface area contributed by atoms with Crippen LogP contribution in [0.2, 0.25) is 0 Å². The summed E-state index contributed by atoms with van der Waals surface area (Å²) in [5.74, 6) is 0.413. The predicted molar refractivity (Wildman–Crippen MR) is 86.9 cm³/mol. The molecule has 0 aliphatic heterocycles. The smallest absolute Gasteiger partial charge is 0.345 e. The number of ether oxygens (including phenoxy) is 1. The fraction of sp³-hybridized carbons (Fsp3) is 0.286. The second-order valence-corrected chi connectivity index (χ2v) is 5.84. The first kappa shape index (κ1) is 15.2. The summed E-state index contributed by atoms with van der Waals surface area (Å²) in [7, 11) is 1.58. The highest BCUT2D eigenvalue weighted by Crippen LogP contribution is 2.29. The number of anilines is 1. The number of amides is 1. The average Bonchev–Trinajstić information content (AvgIpc) is 3.04. The number of hydrogen-bond donors (Lipinski definition) is 1. The lowest BCUT2D eigenvalue weighted by atomic mass is 10.3. The van der Waals surface area contributed by atoms with E-state index in [1.54, 1.807) is 7.05 Å². The van der Waals surface area contributed by atoms with Crippen LogP contribution in [0.4, 0.5) is 5.13 Å². The number of aromatic nitrogens is 4. The maximum atomic E-state index is 12.0. The van der Waals surface area contributed by atoms with E-state index < -0.39 is 0 Å². The molecule has 120 valence electrons. The van der Waals surface area contributed by atoms with Crippen LogP contribution in [0.25, 0.3) is 10.2 Å². The summed E-state index contributed by atoms with van der Waals surface area (Å²) >= 11 is 1.35. The van der Waals surface area contributed by atoms with Crippen molar-refractivity contribution in [3.05, 3.63) is 35.0 Å². The Morgan fingerprint density at radius 1 is 1.43 bits per heavy atom. The van der Waals surface area contributed by atoms with Crippen molar-refractivity contribution in [1.82, 2.24) is 19.3 Å². The largest absolute Gasteiger partial charge is 0.494 e. The van der Waals surface area contributed by atoms with E-state index in [9.17, 15) is 9.59 Å². The lowest BCUT2D eigenvalue weighted by Crippen LogP contribution is -2.29. The molecule has 0 radical (unpaired) electrons. The fourth-order valence-electron chi connectivity index (χ4n) is 2.04. The van der Waals surface area contributed by atoms with Gasteiger partial charge in [0.25, 0.3) is 0 Å². The Balaban J connectivity index is 1.74. The van der Waals surface area contributed by atoms with Gasteiger partial charge in [-0.2, -0.15) is 5.10 Å². The maximum Gasteiger partial charge on any atom is 0.345 e. The van der Waals surface area contributed by atoms with Crippen molar-refractivity contribution < 1.29 is 9.53 Å². The van der Waals surface area contributed by atoms with Gasteiger partial charge < -0.3 is 10.1 Å². The monoisotopic (exact) mass is 333 g/mol. The van der Waals surface area contributed by atoms with Gasteiger partial charge in [0.05, 0.1) is 16.8 Å². The number of rotatable bonds is 5. The Kier molecular flexibility index (Phi) is 4.11. The van der Waals surface area contributed by atoms with Crippen LogP contribution in [0.1, 0.15) is 6.92 Å². The molecular formula is C14H15N5O3S. The molecule has 2 aromatic heterocycles. The predicted octanol–water partition coefficient (Wildman–Crippen LogP) is 1.23. The zero-order valence-electron chi connectivity index (χ0n) is 12.6. The molecule has 1 amide bonds. The molecule has 0 spiro atoms. The molecule has 8 nitrogen and oxygen atoms in total. The summed E-state index contributed by atoms with van der Waals surface area (Å²) in [4.78, 5) is 28.0. The van der Waals surface area contributed by atoms with Gasteiger partial charge in [-0.05, 0) is 25.1 Å². The van der Waals surface area contributed by atoms with Crippen LogP contribution < -0.4 is 15.7 Å². The molecule has 1 aromatic carbocycles. The molecule has 9 heteroatoms. The first-order valence-electron chi connectivity index (χ1n) is 6.98. The number of hydrogen-bond acceptors (Lipinski definition) is 6. The number of nitrogens with zero attached hydrogens (tertiary/aromatic N) is 4. The molecule has 3 aromatic rings. The number of aryl methyl sites for hydroxylation is 1. The number of thiazole rings is 1. The molecule has 0 fully saturated rings. The standard InChI is InChI=1S/C14H15N5O3S/c1-3-22-9-4-5-10-11(6-9)23-13(16-10)17-12(20)7-19-14(21)18(2)8-15-19/h4-6,8H,3,7H2,1-2H3,(H,16,17,20). The van der Waals surface area contributed by atoms with Crippen LogP contribution in [-0.4, -0.2) is 31.8 Å². The normalized spacial score (nSPS) is 10.9. The summed E-state index contributed by atoms with van der Waals surface area (Å²) < 4.78 is 8.76. The van der Waals surface area contributed by atoms with Crippen LogP contribution >= 0.6 is 11.3 Å². The van der Waals surface area contributed by atoms with Gasteiger partial charge in [0.1, 0.15) is 18.6 Å². The molecular weight excluding hydrogens is 318 g/mol. The first-order valence-corrected chi connectivity index (χ1v) is 7.80. The highest BCUT2D eigenvalue weighted by atomic mass is 32.1. The van der Waals surface area contributed by atoms with Gasteiger partial charge in [-0.25, -0.2) is 14.5 Å². The van der Waals surface area contributed by atoms with Crippen molar-refractivity contribution in [2.24, 2.45) is 7.05 Å². The minimum absolute atomic E-state index is 0.153. The molecule has 0 saturated heterocycles. The summed E-state index contributed by atoms with van der Waals surface area (Å²) in [6.07, 6.45) is 1.36. The SMILES string of the molecule is CCOc1ccc2nc(NC(=O)Cn3ncn(C)c3=O)sc2c1. The first-order chi connectivity index (χ1) is 11.1. The minimum atomic E-state index is -0.352. The van der Waals surface area contributed by atoms with E-state index in [4.69, 9.17) is 4.74 Å². The summed E-state index contributed by atoms with van der Waals surface area (Å²) in [5.41, 5.74) is 0.439. The van der Waals surface area contributed by atoms with Crippen LogP contribution in [-0.2, 0) is 18.4 Å². The summed E-state index contributed by atoms with van der Waals surface area (Å²) in [6.45, 7) is 2.36. The van der Waals surface area contributed by atoms with Gasteiger partial charge in [0, 0.05) is 7.05 Å². The van der Waals surface area contributed by atoms with Crippen molar-refractivity contribution in [3.8, 4) is 5.75 Å². The molecule has 0 bridgehead atoms. The van der Waals surface area contributed by atoms with Gasteiger partial charge in [-0.3, -0.25) is 9.36 Å². The number of carbonyl (C=O) groups excluding carboxylic acids is 1. The van der Waals surface area contributed by atoms with E-state index in [0.29, 0.717) is 11.7 Å². The Labute approximate surface area is 135 Å². The number of carbonyl (C=O) groups is 1. The van der Waals surface area contributed by atoms with E-state index in [0.717, 1.165) is 20.6 Å².